The topological polar surface area (TPSA) is 69.6 Å². The quantitative estimate of drug-likeness (QED) is 0.578. The lowest BCUT2D eigenvalue weighted by Gasteiger charge is -2.46. The van der Waals surface area contributed by atoms with E-state index in [1.54, 1.807) is 0 Å². The number of aryl methyl sites for hydroxylation is 1. The standard InChI is InChI=1S/C26H41N7O/c1-20-6-5-7-21(18-20)23-10-13-33(30-23)25-19-24(32-14-16-34-17-15-32)28-26(29-25)31(2)12-9-22-8-3-4-11-27-22/h5-7,10,13,18,22,24-29H,3-4,8-9,11-12,14-17,19H2,1-2H3. The van der Waals surface area contributed by atoms with E-state index in [1.807, 2.05) is 0 Å². The largest absolute Gasteiger partial charge is 0.379 e. The molecule has 1 aromatic heterocycles. The molecule has 34 heavy (non-hydrogen) atoms. The zero-order valence-corrected chi connectivity index (χ0v) is 20.7. The lowest BCUT2D eigenvalue weighted by Crippen LogP contribution is -2.67. The molecule has 3 N–H and O–H groups in total. The molecule has 5 rings (SSSR count). The molecule has 3 saturated heterocycles. The monoisotopic (exact) mass is 467 g/mol. The van der Waals surface area contributed by atoms with Crippen LogP contribution in [0.3, 0.4) is 0 Å². The molecule has 0 spiro atoms. The number of benzene rings is 1. The zero-order valence-electron chi connectivity index (χ0n) is 20.7. The predicted octanol–water partition coefficient (Wildman–Crippen LogP) is 2.35. The van der Waals surface area contributed by atoms with Crippen LogP contribution in [0.25, 0.3) is 11.3 Å². The summed E-state index contributed by atoms with van der Waals surface area (Å²) in [6, 6.07) is 11.4. The van der Waals surface area contributed by atoms with E-state index in [2.05, 4.69) is 80.9 Å². The van der Waals surface area contributed by atoms with Gasteiger partial charge in [-0.25, -0.2) is 0 Å². The highest BCUT2D eigenvalue weighted by molar-refractivity contribution is 5.59. The molecule has 4 atom stereocenters. The Kier molecular flexibility index (Phi) is 7.94. The van der Waals surface area contributed by atoms with Crippen LogP contribution in [0.4, 0.5) is 0 Å². The highest BCUT2D eigenvalue weighted by Gasteiger charge is 2.34. The van der Waals surface area contributed by atoms with Crippen molar-refractivity contribution in [3.05, 3.63) is 42.1 Å². The molecule has 4 heterocycles. The minimum atomic E-state index is 0.0989. The summed E-state index contributed by atoms with van der Waals surface area (Å²) in [6.45, 7) is 7.91. The summed E-state index contributed by atoms with van der Waals surface area (Å²) < 4.78 is 7.74. The third kappa shape index (κ3) is 5.87. The maximum absolute atomic E-state index is 5.62. The predicted molar refractivity (Wildman–Crippen MR) is 135 cm³/mol. The van der Waals surface area contributed by atoms with E-state index in [1.165, 1.54) is 36.8 Å². The summed E-state index contributed by atoms with van der Waals surface area (Å²) in [6.07, 6.45) is 8.76. The number of aromatic nitrogens is 2. The van der Waals surface area contributed by atoms with Crippen molar-refractivity contribution in [1.29, 1.82) is 0 Å². The van der Waals surface area contributed by atoms with Crippen LogP contribution in [0.15, 0.2) is 36.5 Å². The Morgan fingerprint density at radius 1 is 1.12 bits per heavy atom. The Morgan fingerprint density at radius 2 is 1.97 bits per heavy atom. The van der Waals surface area contributed by atoms with Gasteiger partial charge in [-0.2, -0.15) is 5.10 Å². The smallest absolute Gasteiger partial charge is 0.117 e. The summed E-state index contributed by atoms with van der Waals surface area (Å²) >= 11 is 0. The molecule has 8 nitrogen and oxygen atoms in total. The van der Waals surface area contributed by atoms with Gasteiger partial charge in [-0.05, 0) is 51.9 Å². The zero-order chi connectivity index (χ0) is 23.3. The highest BCUT2D eigenvalue weighted by Crippen LogP contribution is 2.24. The number of ether oxygens (including phenoxy) is 1. The van der Waals surface area contributed by atoms with Crippen LogP contribution in [-0.2, 0) is 4.74 Å². The summed E-state index contributed by atoms with van der Waals surface area (Å²) in [5.41, 5.74) is 3.46. The summed E-state index contributed by atoms with van der Waals surface area (Å²) in [5, 5.41) is 16.4. The summed E-state index contributed by atoms with van der Waals surface area (Å²) in [7, 11) is 2.23. The Bertz CT molecular complexity index is 906. The Balaban J connectivity index is 1.29. The molecule has 0 bridgehead atoms. The molecule has 2 aromatic rings. The number of piperidine rings is 1. The normalized spacial score (nSPS) is 28.9. The van der Waals surface area contributed by atoms with E-state index < -0.39 is 0 Å². The first-order valence-corrected chi connectivity index (χ1v) is 13.1. The van der Waals surface area contributed by atoms with E-state index in [-0.39, 0.29) is 12.5 Å². The van der Waals surface area contributed by atoms with Gasteiger partial charge in [0, 0.05) is 43.9 Å². The highest BCUT2D eigenvalue weighted by atomic mass is 16.5. The van der Waals surface area contributed by atoms with Crippen molar-refractivity contribution in [3.63, 3.8) is 0 Å². The van der Waals surface area contributed by atoms with Crippen LogP contribution in [-0.4, -0.2) is 84.5 Å². The van der Waals surface area contributed by atoms with Crippen molar-refractivity contribution in [2.45, 2.75) is 63.7 Å². The van der Waals surface area contributed by atoms with Gasteiger partial charge < -0.3 is 10.1 Å². The van der Waals surface area contributed by atoms with Crippen LogP contribution in [0.1, 0.15) is 43.8 Å². The minimum absolute atomic E-state index is 0.0989. The molecule has 8 heteroatoms. The van der Waals surface area contributed by atoms with Gasteiger partial charge >= 0.3 is 0 Å². The SMILES string of the molecule is Cc1cccc(-c2ccn(C3CC(N4CCOCC4)NC(N(C)CCC4CCCCN4)N3)n2)c1. The first-order chi connectivity index (χ1) is 16.7. The van der Waals surface area contributed by atoms with E-state index in [0.717, 1.165) is 51.5 Å². The van der Waals surface area contributed by atoms with Crippen LogP contribution in [0.5, 0.6) is 0 Å². The maximum Gasteiger partial charge on any atom is 0.117 e. The number of hydrogen-bond donors (Lipinski definition) is 3. The van der Waals surface area contributed by atoms with Gasteiger partial charge in [-0.3, -0.25) is 25.1 Å². The first-order valence-electron chi connectivity index (χ1n) is 13.1. The van der Waals surface area contributed by atoms with Crippen molar-refractivity contribution < 1.29 is 4.74 Å². The van der Waals surface area contributed by atoms with Crippen molar-refractivity contribution in [3.8, 4) is 11.3 Å². The van der Waals surface area contributed by atoms with Gasteiger partial charge in [-0.15, -0.1) is 0 Å². The number of nitrogens with one attached hydrogen (secondary N) is 3. The third-order valence-corrected chi connectivity index (χ3v) is 7.56. The molecule has 186 valence electrons. The molecule has 0 aliphatic carbocycles. The summed E-state index contributed by atoms with van der Waals surface area (Å²) in [5.74, 6) is 0. The van der Waals surface area contributed by atoms with Crippen molar-refractivity contribution >= 4 is 0 Å². The molecule has 3 fully saturated rings. The molecule has 0 saturated carbocycles. The van der Waals surface area contributed by atoms with E-state index in [0.29, 0.717) is 12.2 Å². The average molecular weight is 468 g/mol. The first kappa shape index (κ1) is 23.9. The van der Waals surface area contributed by atoms with Gasteiger partial charge in [0.25, 0.3) is 0 Å². The number of rotatable bonds is 7. The molecule has 4 unspecified atom stereocenters. The second-order valence-electron chi connectivity index (χ2n) is 10.1. The van der Waals surface area contributed by atoms with Crippen LogP contribution in [0.2, 0.25) is 0 Å². The fourth-order valence-corrected chi connectivity index (χ4v) is 5.47. The van der Waals surface area contributed by atoms with Gasteiger partial charge in [0.05, 0.1) is 25.1 Å². The fourth-order valence-electron chi connectivity index (χ4n) is 5.47. The third-order valence-electron chi connectivity index (χ3n) is 7.56. The van der Waals surface area contributed by atoms with Gasteiger partial charge in [0.1, 0.15) is 12.5 Å². The lowest BCUT2D eigenvalue weighted by molar-refractivity contribution is -0.0352. The number of hydrogen-bond acceptors (Lipinski definition) is 7. The maximum atomic E-state index is 5.62. The average Bonchev–Trinajstić information content (AvgIpc) is 3.39. The van der Waals surface area contributed by atoms with Gasteiger partial charge in [0.2, 0.25) is 0 Å². The summed E-state index contributed by atoms with van der Waals surface area (Å²) in [4.78, 5) is 4.96. The molecule has 0 amide bonds. The number of nitrogens with zero attached hydrogens (tertiary/aromatic N) is 4. The van der Waals surface area contributed by atoms with Gasteiger partial charge in [0.15, 0.2) is 0 Å². The second kappa shape index (κ2) is 11.3. The molecule has 3 aliphatic heterocycles. The molecule has 0 radical (unpaired) electrons. The molecule has 3 aliphatic rings. The molecular weight excluding hydrogens is 426 g/mol. The fraction of sp³-hybridized carbons (Fsp3) is 0.654. The Hall–Kier alpha value is -1.81. The number of morpholine rings is 1. The minimum Gasteiger partial charge on any atom is -0.379 e. The van der Waals surface area contributed by atoms with E-state index in [9.17, 15) is 0 Å². The molecule has 1 aromatic carbocycles. The van der Waals surface area contributed by atoms with Crippen LogP contribution in [0, 0.1) is 6.92 Å². The second-order valence-corrected chi connectivity index (χ2v) is 10.1. The van der Waals surface area contributed by atoms with Crippen molar-refractivity contribution in [1.82, 2.24) is 35.5 Å². The van der Waals surface area contributed by atoms with E-state index in [4.69, 9.17) is 9.84 Å². The Morgan fingerprint density at radius 3 is 2.76 bits per heavy atom. The lowest BCUT2D eigenvalue weighted by atomic mass is 10.0. The van der Waals surface area contributed by atoms with E-state index >= 15 is 0 Å². The van der Waals surface area contributed by atoms with Gasteiger partial charge in [-0.1, -0.05) is 30.2 Å². The van der Waals surface area contributed by atoms with Crippen LogP contribution >= 0.6 is 0 Å². The Labute approximate surface area is 204 Å². The van der Waals surface area contributed by atoms with Crippen LogP contribution < -0.4 is 16.0 Å². The van der Waals surface area contributed by atoms with Crippen molar-refractivity contribution in [2.75, 3.05) is 46.4 Å². The molecular formula is C26H41N7O. The van der Waals surface area contributed by atoms with Crippen molar-refractivity contribution in [2.24, 2.45) is 0 Å².